The van der Waals surface area contributed by atoms with E-state index in [0.29, 0.717) is 11.5 Å². The molecule has 16 heteroatoms. The van der Waals surface area contributed by atoms with Gasteiger partial charge in [0.15, 0.2) is 15.1 Å². The lowest BCUT2D eigenvalue weighted by Crippen LogP contribution is -2.41. The SMILES string of the molecule is Cc1ccc(OCC(C)(Oc2ccc(C)cc2)OP2(OC(C)C)=NP=NP(OC(C)C)(OC(C)C)=NP(OC(C)C)(OC(C)C)=N2)cc1. The molecule has 0 aliphatic carbocycles. The smallest absolute Gasteiger partial charge is 0.354 e. The van der Waals surface area contributed by atoms with Crippen LogP contribution in [0.25, 0.3) is 0 Å². The third-order valence-electron chi connectivity index (χ3n) is 5.69. The van der Waals surface area contributed by atoms with E-state index in [9.17, 15) is 0 Å². The molecule has 0 saturated heterocycles. The van der Waals surface area contributed by atoms with E-state index >= 15 is 0 Å². The van der Waals surface area contributed by atoms with E-state index in [1.165, 1.54) is 0 Å². The van der Waals surface area contributed by atoms with Crippen LogP contribution in [0, 0.1) is 13.8 Å². The Kier molecular flexibility index (Phi) is 15.1. The normalized spacial score (nSPS) is 20.5. The van der Waals surface area contributed by atoms with E-state index in [1.54, 1.807) is 6.92 Å². The van der Waals surface area contributed by atoms with Crippen LogP contribution in [0.4, 0.5) is 0 Å². The molecule has 0 saturated carbocycles. The average Bonchev–Trinajstić information content (AvgIpc) is 2.91. The van der Waals surface area contributed by atoms with Crippen molar-refractivity contribution in [1.82, 2.24) is 0 Å². The molecule has 1 aliphatic heterocycles. The highest BCUT2D eigenvalue weighted by atomic mass is 31.3. The molecule has 2 unspecified atom stereocenters. The van der Waals surface area contributed by atoms with Crippen molar-refractivity contribution in [2.24, 2.45) is 18.1 Å². The van der Waals surface area contributed by atoms with Gasteiger partial charge in [0.25, 0.3) is 0 Å². The molecule has 270 valence electrons. The number of hydrogen-bond acceptors (Lipinski definition) is 12. The van der Waals surface area contributed by atoms with Crippen molar-refractivity contribution in [3.05, 3.63) is 59.7 Å². The number of aryl methyl sites for hydroxylation is 2. The summed E-state index contributed by atoms with van der Waals surface area (Å²) < 4.78 is 72.3. The van der Waals surface area contributed by atoms with Crippen LogP contribution in [-0.4, -0.2) is 42.9 Å². The van der Waals surface area contributed by atoms with Crippen molar-refractivity contribution in [3.63, 3.8) is 0 Å². The number of nitrogens with zero attached hydrogens (tertiary/aromatic N) is 4. The Balaban J connectivity index is 2.32. The minimum absolute atomic E-state index is 0.0330. The molecule has 0 bridgehead atoms. The molecule has 0 fully saturated rings. The molecule has 0 radical (unpaired) electrons. The fourth-order valence-electron chi connectivity index (χ4n) is 4.18. The van der Waals surface area contributed by atoms with Crippen molar-refractivity contribution in [2.75, 3.05) is 6.61 Å². The van der Waals surface area contributed by atoms with Crippen LogP contribution in [0.5, 0.6) is 11.5 Å². The van der Waals surface area contributed by atoms with Gasteiger partial charge in [0.1, 0.15) is 11.5 Å². The Labute approximate surface area is 289 Å². The summed E-state index contributed by atoms with van der Waals surface area (Å²) in [7, 11) is -10.6. The zero-order valence-corrected chi connectivity index (χ0v) is 34.1. The van der Waals surface area contributed by atoms with Gasteiger partial charge in [0.2, 0.25) is 5.79 Å². The van der Waals surface area contributed by atoms with Gasteiger partial charge < -0.3 is 32.1 Å². The number of rotatable bonds is 17. The molecule has 2 atom stereocenters. The minimum Gasteiger partial charge on any atom is -0.487 e. The molecule has 0 aromatic heterocycles. The van der Waals surface area contributed by atoms with Gasteiger partial charge in [-0.3, -0.25) is 4.52 Å². The highest BCUT2D eigenvalue weighted by Gasteiger charge is 2.45. The lowest BCUT2D eigenvalue weighted by atomic mass is 10.2. The summed E-state index contributed by atoms with van der Waals surface area (Å²) in [6, 6.07) is 15.4. The van der Waals surface area contributed by atoms with E-state index < -0.39 is 28.8 Å². The molecule has 1 aliphatic rings. The molecule has 0 amide bonds. The Bertz CT molecular complexity index is 1500. The third kappa shape index (κ3) is 13.0. The first-order valence-corrected chi connectivity index (χ1v) is 21.6. The van der Waals surface area contributed by atoms with Crippen LogP contribution in [0.3, 0.4) is 0 Å². The van der Waals surface area contributed by atoms with Gasteiger partial charge in [-0.25, -0.2) is 0 Å². The van der Waals surface area contributed by atoms with Gasteiger partial charge in [-0.2, -0.15) is 9.03 Å². The van der Waals surface area contributed by atoms with Crippen molar-refractivity contribution >= 4 is 31.5 Å². The summed E-state index contributed by atoms with van der Waals surface area (Å²) in [6.45, 7) is 24.7. The molecular formula is C32H54N4O8P4. The van der Waals surface area contributed by atoms with Crippen molar-refractivity contribution < 1.29 is 36.6 Å². The summed E-state index contributed by atoms with van der Waals surface area (Å²) in [4.78, 5) is 0. The largest absolute Gasteiger partial charge is 0.487 e. The van der Waals surface area contributed by atoms with Gasteiger partial charge >= 0.3 is 23.0 Å². The van der Waals surface area contributed by atoms with E-state index in [-0.39, 0.29) is 45.7 Å². The molecule has 2 aromatic carbocycles. The van der Waals surface area contributed by atoms with E-state index in [0.717, 1.165) is 11.1 Å². The van der Waals surface area contributed by atoms with Crippen LogP contribution < -0.4 is 9.47 Å². The van der Waals surface area contributed by atoms with E-state index in [2.05, 4.69) is 0 Å². The molecule has 0 spiro atoms. The van der Waals surface area contributed by atoms with Crippen LogP contribution in [0.2, 0.25) is 0 Å². The molecule has 3 rings (SSSR count). The summed E-state index contributed by atoms with van der Waals surface area (Å²) in [6.07, 6.45) is -1.63. The summed E-state index contributed by atoms with van der Waals surface area (Å²) in [5, 5.41) is 0. The monoisotopic (exact) mass is 746 g/mol. The first-order chi connectivity index (χ1) is 22.4. The Morgan fingerprint density at radius 1 is 0.583 bits per heavy atom. The molecular weight excluding hydrogens is 692 g/mol. The van der Waals surface area contributed by atoms with Gasteiger partial charge in [-0.1, -0.05) is 35.4 Å². The lowest BCUT2D eigenvalue weighted by molar-refractivity contribution is -0.126. The highest BCUT2D eigenvalue weighted by molar-refractivity contribution is 7.74. The quantitative estimate of drug-likeness (QED) is 0.116. The van der Waals surface area contributed by atoms with Gasteiger partial charge in [0, 0.05) is 6.92 Å². The molecule has 48 heavy (non-hydrogen) atoms. The van der Waals surface area contributed by atoms with Crippen LogP contribution in [0.1, 0.15) is 87.3 Å². The topological polar surface area (TPSA) is 123 Å². The van der Waals surface area contributed by atoms with Crippen molar-refractivity contribution in [3.8, 4) is 11.5 Å². The van der Waals surface area contributed by atoms with Crippen molar-refractivity contribution in [1.29, 1.82) is 0 Å². The van der Waals surface area contributed by atoms with Gasteiger partial charge in [-0.15, -0.1) is 9.03 Å². The van der Waals surface area contributed by atoms with Crippen LogP contribution in [-0.2, 0) is 27.1 Å². The Morgan fingerprint density at radius 2 is 0.979 bits per heavy atom. The molecule has 0 N–H and O–H groups in total. The molecule has 1 heterocycles. The average molecular weight is 747 g/mol. The number of ether oxygens (including phenoxy) is 2. The second-order valence-electron chi connectivity index (χ2n) is 12.9. The molecule has 2 aromatic rings. The summed E-state index contributed by atoms with van der Waals surface area (Å²) in [5.41, 5.74) is 2.20. The van der Waals surface area contributed by atoms with Crippen LogP contribution >= 0.6 is 31.5 Å². The maximum absolute atomic E-state index is 6.92. The predicted octanol–water partition coefficient (Wildman–Crippen LogP) is 12.5. The Morgan fingerprint density at radius 3 is 1.44 bits per heavy atom. The first-order valence-electron chi connectivity index (χ1n) is 16.2. The zero-order chi connectivity index (χ0) is 35.8. The predicted molar refractivity (Wildman–Crippen MR) is 196 cm³/mol. The second kappa shape index (κ2) is 17.7. The Hall–Kier alpha value is -1.41. The summed E-state index contributed by atoms with van der Waals surface area (Å²) in [5.74, 6) is -0.254. The van der Waals surface area contributed by atoms with Crippen molar-refractivity contribution in [2.45, 2.75) is 126 Å². The second-order valence-corrected chi connectivity index (χ2v) is 20.2. The first kappa shape index (κ1) is 41.0. The fourth-order valence-corrected chi connectivity index (χ4v) is 14.6. The summed E-state index contributed by atoms with van der Waals surface area (Å²) >= 11 is 0. The number of hydrogen-bond donors (Lipinski definition) is 0. The standard InChI is InChI=1S/C32H54N4O8P4/c1-23(2)39-46(40-24(3)4)33-45-34-47(41-25(5)6,36-48(35-46,42-26(7)8)43-27(9)10)44-32(13,38-31-20-16-29(12)17-21-31)22-37-30-18-14-28(11)15-19-30/h14-21,23-27H,22H2,1-13H3. The van der Waals surface area contributed by atoms with Gasteiger partial charge in [-0.05, 0) is 107 Å². The van der Waals surface area contributed by atoms with E-state index in [4.69, 9.17) is 54.7 Å². The minimum atomic E-state index is -3.72. The lowest BCUT2D eigenvalue weighted by Gasteiger charge is -2.36. The number of benzene rings is 2. The highest BCUT2D eigenvalue weighted by Crippen LogP contribution is 2.77. The fraction of sp³-hybridized carbons (Fsp3) is 0.625. The maximum atomic E-state index is 6.92. The maximum Gasteiger partial charge on any atom is 0.354 e. The van der Waals surface area contributed by atoms with Crippen LogP contribution in [0.15, 0.2) is 66.6 Å². The third-order valence-corrected chi connectivity index (χ3v) is 15.9. The van der Waals surface area contributed by atoms with Gasteiger partial charge in [0.05, 0.1) is 30.5 Å². The van der Waals surface area contributed by atoms with E-state index in [1.807, 2.05) is 132 Å². The molecule has 12 nitrogen and oxygen atoms in total. The zero-order valence-electron chi connectivity index (χ0n) is 30.6.